The van der Waals surface area contributed by atoms with Crippen LogP contribution in [0.1, 0.15) is 30.5 Å². The van der Waals surface area contributed by atoms with Gasteiger partial charge in [0.2, 0.25) is 0 Å². The van der Waals surface area contributed by atoms with Crippen LogP contribution in [-0.4, -0.2) is 35.3 Å². The highest BCUT2D eigenvalue weighted by Gasteiger charge is 2.43. The fraction of sp³-hybridized carbons (Fsp3) is 0.409. The molecule has 3 aromatic rings. The second-order valence-corrected chi connectivity index (χ2v) is 8.93. The van der Waals surface area contributed by atoms with E-state index >= 15 is 0 Å². The Labute approximate surface area is 178 Å². The van der Waals surface area contributed by atoms with Gasteiger partial charge in [-0.05, 0) is 63.0 Å². The Hall–Kier alpha value is -1.82. The molecule has 0 radical (unpaired) electrons. The van der Waals surface area contributed by atoms with Gasteiger partial charge in [0.25, 0.3) is 0 Å². The standard InChI is InChI=1S/C22H21Cl2FN2O2/c23-15-9-14-12-22(28-21(14)18(24)10-15)6-2-8-27(13-22)7-1-3-19-17-5-4-16(25)11-20(17)29-26-19/h4-5,9-11H,1-3,6-8,12-13H2. The largest absolute Gasteiger partial charge is 0.484 e. The quantitative estimate of drug-likeness (QED) is 0.529. The predicted molar refractivity (Wildman–Crippen MR) is 111 cm³/mol. The first-order valence-corrected chi connectivity index (χ1v) is 10.7. The molecule has 5 rings (SSSR count). The van der Waals surface area contributed by atoms with Crippen LogP contribution >= 0.6 is 23.2 Å². The van der Waals surface area contributed by atoms with Crippen LogP contribution in [-0.2, 0) is 12.8 Å². The van der Waals surface area contributed by atoms with E-state index in [0.717, 1.165) is 74.1 Å². The van der Waals surface area contributed by atoms with Crippen LogP contribution in [0.15, 0.2) is 34.9 Å². The first kappa shape index (κ1) is 19.2. The molecule has 0 N–H and O–H groups in total. The Morgan fingerprint density at radius 2 is 2.10 bits per heavy atom. The van der Waals surface area contributed by atoms with Crippen LogP contribution in [0.25, 0.3) is 11.0 Å². The average Bonchev–Trinajstić information content (AvgIpc) is 3.23. The van der Waals surface area contributed by atoms with Crippen molar-refractivity contribution in [3.8, 4) is 5.75 Å². The summed E-state index contributed by atoms with van der Waals surface area (Å²) in [5.74, 6) is 0.483. The van der Waals surface area contributed by atoms with E-state index in [1.54, 1.807) is 12.1 Å². The Balaban J connectivity index is 1.22. The van der Waals surface area contributed by atoms with E-state index in [4.69, 9.17) is 32.5 Å². The van der Waals surface area contributed by atoms with Crippen molar-refractivity contribution in [2.24, 2.45) is 0 Å². The molecule has 152 valence electrons. The van der Waals surface area contributed by atoms with E-state index < -0.39 is 0 Å². The minimum Gasteiger partial charge on any atom is -0.484 e. The summed E-state index contributed by atoms with van der Waals surface area (Å²) in [7, 11) is 0. The lowest BCUT2D eigenvalue weighted by atomic mass is 9.88. The third-order valence-corrected chi connectivity index (χ3v) is 6.43. The van der Waals surface area contributed by atoms with Crippen molar-refractivity contribution in [1.82, 2.24) is 10.1 Å². The number of benzene rings is 2. The molecule has 1 saturated heterocycles. The second-order valence-electron chi connectivity index (χ2n) is 8.09. The van der Waals surface area contributed by atoms with Crippen molar-refractivity contribution in [2.45, 2.75) is 37.7 Å². The summed E-state index contributed by atoms with van der Waals surface area (Å²) < 4.78 is 24.9. The minimum absolute atomic E-state index is 0.215. The van der Waals surface area contributed by atoms with Gasteiger partial charge in [-0.25, -0.2) is 4.39 Å². The Morgan fingerprint density at radius 3 is 3.00 bits per heavy atom. The topological polar surface area (TPSA) is 38.5 Å². The molecule has 0 saturated carbocycles. The van der Waals surface area contributed by atoms with Gasteiger partial charge in [-0.1, -0.05) is 28.4 Å². The summed E-state index contributed by atoms with van der Waals surface area (Å²) in [6, 6.07) is 8.28. The van der Waals surface area contributed by atoms with Crippen LogP contribution in [0.4, 0.5) is 4.39 Å². The van der Waals surface area contributed by atoms with Crippen LogP contribution < -0.4 is 4.74 Å². The molecule has 4 nitrogen and oxygen atoms in total. The highest BCUT2D eigenvalue weighted by atomic mass is 35.5. The van der Waals surface area contributed by atoms with Crippen molar-refractivity contribution >= 4 is 34.2 Å². The van der Waals surface area contributed by atoms with Gasteiger partial charge in [0.1, 0.15) is 17.2 Å². The van der Waals surface area contributed by atoms with Crippen LogP contribution in [0.5, 0.6) is 5.75 Å². The number of likely N-dealkylation sites (tertiary alicyclic amines) is 1. The minimum atomic E-state index is -0.308. The monoisotopic (exact) mass is 434 g/mol. The first-order valence-electron chi connectivity index (χ1n) is 9.94. The molecule has 0 bridgehead atoms. The fourth-order valence-corrected chi connectivity index (χ4v) is 5.26. The van der Waals surface area contributed by atoms with Gasteiger partial charge < -0.3 is 9.26 Å². The molecule has 7 heteroatoms. The molecule has 29 heavy (non-hydrogen) atoms. The maximum absolute atomic E-state index is 13.3. The van der Waals surface area contributed by atoms with E-state index in [1.165, 1.54) is 12.1 Å². The van der Waals surface area contributed by atoms with Gasteiger partial charge in [-0.15, -0.1) is 0 Å². The predicted octanol–water partition coefficient (Wildman–Crippen LogP) is 5.68. The van der Waals surface area contributed by atoms with Gasteiger partial charge in [-0.3, -0.25) is 4.90 Å². The number of fused-ring (bicyclic) bond motifs is 2. The third kappa shape index (κ3) is 3.72. The van der Waals surface area contributed by atoms with Crippen LogP contribution in [0.2, 0.25) is 10.0 Å². The van der Waals surface area contributed by atoms with Crippen molar-refractivity contribution < 1.29 is 13.7 Å². The SMILES string of the molecule is Fc1ccc2c(CCCN3CCCC4(Cc5cc(Cl)cc(Cl)c5O4)C3)noc2c1. The highest BCUT2D eigenvalue weighted by Crippen LogP contribution is 2.45. The lowest BCUT2D eigenvalue weighted by Crippen LogP contribution is -2.51. The lowest BCUT2D eigenvalue weighted by Gasteiger charge is -2.39. The zero-order valence-electron chi connectivity index (χ0n) is 15.9. The number of piperidine rings is 1. The molecule has 0 amide bonds. The summed E-state index contributed by atoms with van der Waals surface area (Å²) in [6.07, 6.45) is 4.70. The zero-order valence-corrected chi connectivity index (χ0v) is 17.4. The van der Waals surface area contributed by atoms with Gasteiger partial charge in [0, 0.05) is 35.0 Å². The molecular formula is C22H21Cl2FN2O2. The summed E-state index contributed by atoms with van der Waals surface area (Å²) in [4.78, 5) is 2.45. The number of halogens is 3. The van der Waals surface area contributed by atoms with Gasteiger partial charge >= 0.3 is 0 Å². The molecule has 0 aliphatic carbocycles. The first-order chi connectivity index (χ1) is 14.0. The maximum Gasteiger partial charge on any atom is 0.170 e. The molecule has 2 aliphatic rings. The van der Waals surface area contributed by atoms with Gasteiger partial charge in [0.15, 0.2) is 5.58 Å². The Kier molecular flexibility index (Phi) is 4.93. The number of aromatic nitrogens is 1. The normalized spacial score (nSPS) is 21.6. The average molecular weight is 435 g/mol. The summed E-state index contributed by atoms with van der Waals surface area (Å²) in [6.45, 7) is 2.88. The van der Waals surface area contributed by atoms with Gasteiger partial charge in [0.05, 0.1) is 10.7 Å². The Morgan fingerprint density at radius 1 is 1.21 bits per heavy atom. The van der Waals surface area contributed by atoms with Gasteiger partial charge in [-0.2, -0.15) is 0 Å². The van der Waals surface area contributed by atoms with Crippen molar-refractivity contribution in [3.05, 3.63) is 57.5 Å². The number of nitrogens with zero attached hydrogens (tertiary/aromatic N) is 2. The molecular weight excluding hydrogens is 414 g/mol. The van der Waals surface area contributed by atoms with Crippen LogP contribution in [0.3, 0.4) is 0 Å². The highest BCUT2D eigenvalue weighted by molar-refractivity contribution is 6.35. The summed E-state index contributed by atoms with van der Waals surface area (Å²) in [5, 5.41) is 6.26. The summed E-state index contributed by atoms with van der Waals surface area (Å²) in [5.41, 5.74) is 2.28. The van der Waals surface area contributed by atoms with E-state index in [0.29, 0.717) is 15.6 Å². The number of aryl methyl sites for hydroxylation is 1. The van der Waals surface area contributed by atoms with E-state index in [2.05, 4.69) is 10.1 Å². The molecule has 1 spiro atoms. The van der Waals surface area contributed by atoms with Crippen LogP contribution in [0, 0.1) is 5.82 Å². The molecule has 1 unspecified atom stereocenters. The molecule has 2 aromatic carbocycles. The maximum atomic E-state index is 13.3. The molecule has 1 fully saturated rings. The number of rotatable bonds is 4. The smallest absolute Gasteiger partial charge is 0.170 e. The third-order valence-electron chi connectivity index (χ3n) is 5.93. The summed E-state index contributed by atoms with van der Waals surface area (Å²) >= 11 is 12.5. The van der Waals surface area contributed by atoms with E-state index in [1.807, 2.05) is 6.07 Å². The molecule has 1 aromatic heterocycles. The number of hydrogen-bond donors (Lipinski definition) is 0. The van der Waals surface area contributed by atoms with Crippen molar-refractivity contribution in [1.29, 1.82) is 0 Å². The second kappa shape index (κ2) is 7.46. The fourth-order valence-electron chi connectivity index (χ4n) is 4.68. The molecule has 2 aliphatic heterocycles. The van der Waals surface area contributed by atoms with E-state index in [-0.39, 0.29) is 11.4 Å². The van der Waals surface area contributed by atoms with E-state index in [9.17, 15) is 4.39 Å². The number of ether oxygens (including phenoxy) is 1. The lowest BCUT2D eigenvalue weighted by molar-refractivity contribution is 0.00804. The molecule has 3 heterocycles. The molecule has 1 atom stereocenters. The zero-order chi connectivity index (χ0) is 20.0. The van der Waals surface area contributed by atoms with Crippen molar-refractivity contribution in [3.63, 3.8) is 0 Å². The Bertz CT molecular complexity index is 1070. The number of hydrogen-bond acceptors (Lipinski definition) is 4. The van der Waals surface area contributed by atoms with Crippen molar-refractivity contribution in [2.75, 3.05) is 19.6 Å².